The Kier molecular flexibility index (Phi) is 6.37. The van der Waals surface area contributed by atoms with Crippen molar-refractivity contribution >= 4 is 17.7 Å². The number of urea groups is 1. The van der Waals surface area contributed by atoms with Crippen LogP contribution in [0.5, 0.6) is 0 Å². The summed E-state index contributed by atoms with van der Waals surface area (Å²) in [6.45, 7) is 2.91. The van der Waals surface area contributed by atoms with Gasteiger partial charge >= 0.3 is 12.0 Å². The van der Waals surface area contributed by atoms with Gasteiger partial charge in [-0.2, -0.15) is 0 Å². The number of methoxy groups -OCH3 is 1. The Morgan fingerprint density at radius 2 is 1.61 bits per heavy atom. The molecule has 0 aliphatic carbocycles. The molecule has 2 aromatic carbocycles. The largest absolute Gasteiger partial charge is 0.469 e. The molecule has 0 spiro atoms. The van der Waals surface area contributed by atoms with Gasteiger partial charge in [0, 0.05) is 11.1 Å². The molecule has 0 heterocycles. The van der Waals surface area contributed by atoms with Crippen molar-refractivity contribution in [1.82, 2.24) is 0 Å². The summed E-state index contributed by atoms with van der Waals surface area (Å²) in [4.78, 5) is 24.3. The Morgan fingerprint density at radius 1 is 1.07 bits per heavy atom. The van der Waals surface area contributed by atoms with E-state index < -0.39 is 34.9 Å². The molecule has 0 saturated carbocycles. The Labute approximate surface area is 162 Å². The zero-order valence-corrected chi connectivity index (χ0v) is 15.8. The number of amides is 2. The van der Waals surface area contributed by atoms with E-state index in [1.54, 1.807) is 24.3 Å². The second-order valence-electron chi connectivity index (χ2n) is 6.64. The molecule has 0 bridgehead atoms. The number of hydrogen-bond acceptors (Lipinski definition) is 3. The van der Waals surface area contributed by atoms with Crippen LogP contribution in [0.2, 0.25) is 0 Å². The number of anilines is 1. The molecule has 7 heteroatoms. The summed E-state index contributed by atoms with van der Waals surface area (Å²) in [6.07, 6.45) is -0.305. The third kappa shape index (κ3) is 4.86. The Balaban J connectivity index is 2.45. The maximum absolute atomic E-state index is 14.7. The number of hydrogen-bond donors (Lipinski definition) is 1. The Hall–Kier alpha value is -3.40. The minimum atomic E-state index is -1.32. The molecule has 146 valence electrons. The number of carbonyl (C=O) groups is 2. The molecule has 0 aliphatic rings. The molecule has 2 N–H and O–H groups in total. The predicted octanol–water partition coefficient (Wildman–Crippen LogP) is 3.59. The van der Waals surface area contributed by atoms with Gasteiger partial charge in [-0.1, -0.05) is 30.0 Å². The van der Waals surface area contributed by atoms with Crippen molar-refractivity contribution in [3.05, 3.63) is 65.2 Å². The van der Waals surface area contributed by atoms with Gasteiger partial charge in [0.05, 0.1) is 19.1 Å². The maximum Gasteiger partial charge on any atom is 0.319 e. The number of rotatable bonds is 4. The van der Waals surface area contributed by atoms with Crippen LogP contribution in [0, 0.1) is 23.5 Å². The average molecular weight is 386 g/mol. The van der Waals surface area contributed by atoms with E-state index in [0.29, 0.717) is 10.5 Å². The molecule has 0 aromatic heterocycles. The van der Waals surface area contributed by atoms with Crippen LogP contribution in [0.25, 0.3) is 0 Å². The highest BCUT2D eigenvalue weighted by atomic mass is 19.1. The highest BCUT2D eigenvalue weighted by Gasteiger charge is 2.37. The van der Waals surface area contributed by atoms with Crippen LogP contribution in [-0.2, 0) is 9.53 Å². The van der Waals surface area contributed by atoms with Crippen LogP contribution in [0.3, 0.4) is 0 Å². The zero-order chi connectivity index (χ0) is 20.9. The van der Waals surface area contributed by atoms with Crippen LogP contribution >= 0.6 is 0 Å². The van der Waals surface area contributed by atoms with E-state index in [4.69, 9.17) is 5.73 Å². The molecule has 0 saturated heterocycles. The van der Waals surface area contributed by atoms with E-state index in [1.807, 2.05) is 6.07 Å². The smallest absolute Gasteiger partial charge is 0.319 e. The van der Waals surface area contributed by atoms with Crippen molar-refractivity contribution in [3.8, 4) is 11.8 Å². The fraction of sp³-hybridized carbons (Fsp3) is 0.238. The topological polar surface area (TPSA) is 72.6 Å². The Morgan fingerprint density at radius 3 is 2.11 bits per heavy atom. The summed E-state index contributed by atoms with van der Waals surface area (Å²) in [5.41, 5.74) is 4.17. The van der Waals surface area contributed by atoms with Gasteiger partial charge in [-0.3, -0.25) is 9.69 Å². The van der Waals surface area contributed by atoms with Crippen molar-refractivity contribution in [1.29, 1.82) is 0 Å². The highest BCUT2D eigenvalue weighted by Crippen LogP contribution is 2.32. The highest BCUT2D eigenvalue weighted by molar-refractivity contribution is 5.93. The first-order chi connectivity index (χ1) is 13.2. The van der Waals surface area contributed by atoms with E-state index in [9.17, 15) is 18.4 Å². The van der Waals surface area contributed by atoms with Gasteiger partial charge in [0.25, 0.3) is 0 Å². The summed E-state index contributed by atoms with van der Waals surface area (Å²) in [5, 5.41) is 0. The monoisotopic (exact) mass is 386 g/mol. The van der Waals surface area contributed by atoms with Crippen LogP contribution < -0.4 is 10.6 Å². The first-order valence-corrected chi connectivity index (χ1v) is 8.38. The standard InChI is InChI=1S/C21H20F2N2O3/c1-21(2,13-18(26)28-3)25(20(24)27)19-16(22)11-15(12-17(19)23)10-9-14-7-5-4-6-8-14/h4-8,11-12H,13H2,1-3H3,(H2,24,27). The van der Waals surface area contributed by atoms with Crippen molar-refractivity contribution in [2.45, 2.75) is 25.8 Å². The maximum atomic E-state index is 14.7. The number of ether oxygens (including phenoxy) is 1. The van der Waals surface area contributed by atoms with Crippen molar-refractivity contribution in [3.63, 3.8) is 0 Å². The number of halogens is 2. The number of nitrogens with zero attached hydrogens (tertiary/aromatic N) is 1. The minimum Gasteiger partial charge on any atom is -0.469 e. The second-order valence-corrected chi connectivity index (χ2v) is 6.64. The third-order valence-electron chi connectivity index (χ3n) is 4.00. The summed E-state index contributed by atoms with van der Waals surface area (Å²) >= 11 is 0. The van der Waals surface area contributed by atoms with Gasteiger partial charge < -0.3 is 10.5 Å². The molecule has 0 unspecified atom stereocenters. The van der Waals surface area contributed by atoms with Crippen molar-refractivity contribution in [2.75, 3.05) is 12.0 Å². The summed E-state index contributed by atoms with van der Waals surface area (Å²) in [5.74, 6) is 2.79. The number of benzene rings is 2. The van der Waals surface area contributed by atoms with E-state index in [0.717, 1.165) is 12.1 Å². The van der Waals surface area contributed by atoms with E-state index in [2.05, 4.69) is 16.6 Å². The van der Waals surface area contributed by atoms with Gasteiger partial charge in [-0.25, -0.2) is 13.6 Å². The van der Waals surface area contributed by atoms with Gasteiger partial charge in [0.1, 0.15) is 5.69 Å². The molecule has 28 heavy (non-hydrogen) atoms. The van der Waals surface area contributed by atoms with E-state index in [-0.39, 0.29) is 12.0 Å². The summed E-state index contributed by atoms with van der Waals surface area (Å²) in [6, 6.07) is 9.86. The van der Waals surface area contributed by atoms with Crippen LogP contribution in [0.1, 0.15) is 31.4 Å². The van der Waals surface area contributed by atoms with E-state index >= 15 is 0 Å². The molecular formula is C21H20F2N2O3. The fourth-order valence-corrected chi connectivity index (χ4v) is 2.73. The first-order valence-electron chi connectivity index (χ1n) is 8.38. The lowest BCUT2D eigenvalue weighted by Crippen LogP contribution is -2.52. The molecule has 5 nitrogen and oxygen atoms in total. The van der Waals surface area contributed by atoms with Gasteiger partial charge in [0.2, 0.25) is 0 Å². The third-order valence-corrected chi connectivity index (χ3v) is 4.00. The number of carbonyl (C=O) groups excluding carboxylic acids is 2. The molecule has 0 atom stereocenters. The van der Waals surface area contributed by atoms with Crippen molar-refractivity contribution < 1.29 is 23.1 Å². The zero-order valence-electron chi connectivity index (χ0n) is 15.8. The van der Waals surface area contributed by atoms with Crippen LogP contribution in [-0.4, -0.2) is 24.6 Å². The lowest BCUT2D eigenvalue weighted by molar-refractivity contribution is -0.141. The average Bonchev–Trinajstić information content (AvgIpc) is 2.62. The molecule has 0 fully saturated rings. The fourth-order valence-electron chi connectivity index (χ4n) is 2.73. The minimum absolute atomic E-state index is 0.0952. The van der Waals surface area contributed by atoms with Gasteiger partial charge in [-0.05, 0) is 38.1 Å². The first kappa shape index (κ1) is 20.9. The molecule has 2 rings (SSSR count). The normalized spacial score (nSPS) is 10.6. The SMILES string of the molecule is COC(=O)CC(C)(C)N(C(N)=O)c1c(F)cc(C#Cc2ccccc2)cc1F. The number of nitrogens with two attached hydrogens (primary N) is 1. The molecule has 0 aliphatic heterocycles. The molecule has 2 aromatic rings. The number of esters is 1. The molecule has 0 radical (unpaired) electrons. The lowest BCUT2D eigenvalue weighted by atomic mass is 9.97. The summed E-state index contributed by atoms with van der Waals surface area (Å²) < 4.78 is 34.0. The van der Waals surface area contributed by atoms with Crippen molar-refractivity contribution in [2.24, 2.45) is 5.73 Å². The quantitative estimate of drug-likeness (QED) is 0.645. The summed E-state index contributed by atoms with van der Waals surface area (Å²) in [7, 11) is 1.17. The predicted molar refractivity (Wildman–Crippen MR) is 102 cm³/mol. The second kappa shape index (κ2) is 8.53. The van der Waals surface area contributed by atoms with Crippen LogP contribution in [0.15, 0.2) is 42.5 Å². The van der Waals surface area contributed by atoms with Gasteiger partial charge in [0.15, 0.2) is 11.6 Å². The van der Waals surface area contributed by atoms with E-state index in [1.165, 1.54) is 21.0 Å². The Bertz CT molecular complexity index is 924. The van der Waals surface area contributed by atoms with Gasteiger partial charge in [-0.15, -0.1) is 0 Å². The lowest BCUT2D eigenvalue weighted by Gasteiger charge is -2.36. The molecule has 2 amide bonds. The van der Waals surface area contributed by atoms with Crippen LogP contribution in [0.4, 0.5) is 19.3 Å². The number of primary amides is 1. The molecular weight excluding hydrogens is 366 g/mol.